The first-order chi connectivity index (χ1) is 7.78. The Hall–Kier alpha value is -0.160. The van der Waals surface area contributed by atoms with E-state index in [9.17, 15) is 0 Å². The third-order valence-electron chi connectivity index (χ3n) is 2.98. The van der Waals surface area contributed by atoms with Crippen molar-refractivity contribution in [3.8, 4) is 0 Å². The van der Waals surface area contributed by atoms with E-state index >= 15 is 0 Å². The molecule has 4 N–H and O–H groups in total. The summed E-state index contributed by atoms with van der Waals surface area (Å²) in [6.45, 7) is 12.8. The minimum atomic E-state index is 0.782. The summed E-state index contributed by atoms with van der Waals surface area (Å²) in [5, 5.41) is 0. The first-order valence-electron chi connectivity index (χ1n) is 6.63. The molecule has 0 bridgehead atoms. The molecule has 4 heteroatoms. The summed E-state index contributed by atoms with van der Waals surface area (Å²) in [4.78, 5) is 4.94. The number of likely N-dealkylation sites (N-methyl/N-ethyl adjacent to an activating group) is 1. The Morgan fingerprint density at radius 3 is 1.50 bits per heavy atom. The second kappa shape index (κ2) is 11.3. The average molecular weight is 230 g/mol. The maximum atomic E-state index is 5.55. The molecule has 0 aliphatic heterocycles. The Balaban J connectivity index is 3.79. The fourth-order valence-corrected chi connectivity index (χ4v) is 1.79. The summed E-state index contributed by atoms with van der Waals surface area (Å²) < 4.78 is 0. The van der Waals surface area contributed by atoms with Crippen molar-refractivity contribution in [3.63, 3.8) is 0 Å². The molecular weight excluding hydrogens is 200 g/mol. The Morgan fingerprint density at radius 2 is 1.12 bits per heavy atom. The third-order valence-corrected chi connectivity index (χ3v) is 2.98. The first kappa shape index (κ1) is 15.8. The van der Waals surface area contributed by atoms with Gasteiger partial charge in [-0.2, -0.15) is 0 Å². The Bertz CT molecular complexity index is 129. The summed E-state index contributed by atoms with van der Waals surface area (Å²) >= 11 is 0. The van der Waals surface area contributed by atoms with Crippen molar-refractivity contribution < 1.29 is 0 Å². The zero-order chi connectivity index (χ0) is 12.2. The molecule has 0 saturated heterocycles. The van der Waals surface area contributed by atoms with E-state index in [1.165, 1.54) is 0 Å². The summed E-state index contributed by atoms with van der Waals surface area (Å²) in [6, 6.07) is 0. The van der Waals surface area contributed by atoms with Crippen LogP contribution in [0.5, 0.6) is 0 Å². The predicted molar refractivity (Wildman–Crippen MR) is 71.6 cm³/mol. The highest BCUT2D eigenvalue weighted by Crippen LogP contribution is 1.95. The summed E-state index contributed by atoms with van der Waals surface area (Å²) in [6.07, 6.45) is 2.17. The van der Waals surface area contributed by atoms with Gasteiger partial charge >= 0.3 is 0 Å². The SMILES string of the molecule is CCN(CC)CCN(CCCN)CCCN. The van der Waals surface area contributed by atoms with E-state index in [2.05, 4.69) is 23.6 Å². The molecule has 4 nitrogen and oxygen atoms in total. The van der Waals surface area contributed by atoms with Gasteiger partial charge in [-0.3, -0.25) is 0 Å². The van der Waals surface area contributed by atoms with Crippen molar-refractivity contribution in [3.05, 3.63) is 0 Å². The van der Waals surface area contributed by atoms with Gasteiger partial charge in [0.25, 0.3) is 0 Å². The minimum absolute atomic E-state index is 0.782. The van der Waals surface area contributed by atoms with E-state index in [1.54, 1.807) is 0 Å². The standard InChI is InChI=1S/C12H30N4/c1-3-15(4-2)11-12-16(9-5-7-13)10-6-8-14/h3-14H2,1-2H3. The molecule has 16 heavy (non-hydrogen) atoms. The molecule has 0 spiro atoms. The molecule has 0 rings (SSSR count). The predicted octanol–water partition coefficient (Wildman–Crippen LogP) is 0.328. The van der Waals surface area contributed by atoms with E-state index in [0.29, 0.717) is 0 Å². The second-order valence-corrected chi connectivity index (χ2v) is 4.15. The van der Waals surface area contributed by atoms with E-state index in [1.807, 2.05) is 0 Å². The molecule has 0 aliphatic carbocycles. The number of hydrogen-bond acceptors (Lipinski definition) is 4. The van der Waals surface area contributed by atoms with Gasteiger partial charge in [-0.05, 0) is 52.1 Å². The summed E-state index contributed by atoms with van der Waals surface area (Å²) in [5.41, 5.74) is 11.1. The van der Waals surface area contributed by atoms with Gasteiger partial charge in [0.15, 0.2) is 0 Å². The molecule has 0 aromatic rings. The molecule has 0 radical (unpaired) electrons. The van der Waals surface area contributed by atoms with Crippen LogP contribution >= 0.6 is 0 Å². The Morgan fingerprint density at radius 1 is 0.688 bits per heavy atom. The number of nitrogens with zero attached hydrogens (tertiary/aromatic N) is 2. The van der Waals surface area contributed by atoms with Crippen molar-refractivity contribution in [1.82, 2.24) is 9.80 Å². The fraction of sp³-hybridized carbons (Fsp3) is 1.00. The normalized spacial score (nSPS) is 11.6. The quantitative estimate of drug-likeness (QED) is 0.537. The largest absolute Gasteiger partial charge is 0.330 e. The first-order valence-corrected chi connectivity index (χ1v) is 6.63. The van der Waals surface area contributed by atoms with Gasteiger partial charge in [0.1, 0.15) is 0 Å². The molecule has 0 aromatic carbocycles. The zero-order valence-electron chi connectivity index (χ0n) is 11.1. The lowest BCUT2D eigenvalue weighted by Gasteiger charge is -2.26. The Kier molecular flexibility index (Phi) is 11.2. The maximum absolute atomic E-state index is 5.55. The maximum Gasteiger partial charge on any atom is 0.0109 e. The van der Waals surface area contributed by atoms with Gasteiger partial charge in [0, 0.05) is 13.1 Å². The topological polar surface area (TPSA) is 58.5 Å². The molecule has 0 unspecified atom stereocenters. The summed E-state index contributed by atoms with van der Waals surface area (Å²) in [5.74, 6) is 0. The van der Waals surface area contributed by atoms with Gasteiger partial charge in [0.2, 0.25) is 0 Å². The highest BCUT2D eigenvalue weighted by molar-refractivity contribution is 4.62. The van der Waals surface area contributed by atoms with Crippen molar-refractivity contribution in [2.45, 2.75) is 26.7 Å². The van der Waals surface area contributed by atoms with Crippen molar-refractivity contribution in [2.75, 3.05) is 52.4 Å². The summed E-state index contributed by atoms with van der Waals surface area (Å²) in [7, 11) is 0. The molecule has 0 aliphatic rings. The van der Waals surface area contributed by atoms with E-state index in [4.69, 9.17) is 11.5 Å². The van der Waals surface area contributed by atoms with Gasteiger partial charge in [-0.1, -0.05) is 13.8 Å². The van der Waals surface area contributed by atoms with Crippen LogP contribution in [0.2, 0.25) is 0 Å². The molecule has 0 fully saturated rings. The highest BCUT2D eigenvalue weighted by atomic mass is 15.2. The van der Waals surface area contributed by atoms with E-state index in [-0.39, 0.29) is 0 Å². The van der Waals surface area contributed by atoms with E-state index < -0.39 is 0 Å². The van der Waals surface area contributed by atoms with Crippen LogP contribution in [0.1, 0.15) is 26.7 Å². The van der Waals surface area contributed by atoms with Gasteiger partial charge in [0.05, 0.1) is 0 Å². The molecular formula is C12H30N4. The van der Waals surface area contributed by atoms with Crippen LogP contribution in [0.25, 0.3) is 0 Å². The number of nitrogens with two attached hydrogens (primary N) is 2. The van der Waals surface area contributed by atoms with Gasteiger partial charge in [-0.15, -0.1) is 0 Å². The van der Waals surface area contributed by atoms with Crippen molar-refractivity contribution in [2.24, 2.45) is 11.5 Å². The van der Waals surface area contributed by atoms with Crippen LogP contribution in [-0.4, -0.2) is 62.2 Å². The van der Waals surface area contributed by atoms with Crippen LogP contribution in [0, 0.1) is 0 Å². The number of rotatable bonds is 11. The van der Waals surface area contributed by atoms with Crippen LogP contribution in [-0.2, 0) is 0 Å². The molecule has 0 amide bonds. The molecule has 0 aromatic heterocycles. The van der Waals surface area contributed by atoms with Gasteiger partial charge < -0.3 is 21.3 Å². The lowest BCUT2D eigenvalue weighted by atomic mass is 10.3. The van der Waals surface area contributed by atoms with Crippen LogP contribution in [0.4, 0.5) is 0 Å². The zero-order valence-corrected chi connectivity index (χ0v) is 11.1. The molecule has 0 heterocycles. The molecule has 98 valence electrons. The molecule has 0 atom stereocenters. The van der Waals surface area contributed by atoms with Crippen LogP contribution in [0.3, 0.4) is 0 Å². The second-order valence-electron chi connectivity index (χ2n) is 4.15. The smallest absolute Gasteiger partial charge is 0.0109 e. The van der Waals surface area contributed by atoms with Crippen LogP contribution in [0.15, 0.2) is 0 Å². The fourth-order valence-electron chi connectivity index (χ4n) is 1.79. The van der Waals surface area contributed by atoms with Crippen molar-refractivity contribution >= 4 is 0 Å². The lowest BCUT2D eigenvalue weighted by Crippen LogP contribution is -2.37. The average Bonchev–Trinajstić information content (AvgIpc) is 2.32. The van der Waals surface area contributed by atoms with Crippen LogP contribution < -0.4 is 11.5 Å². The highest BCUT2D eigenvalue weighted by Gasteiger charge is 2.06. The minimum Gasteiger partial charge on any atom is -0.330 e. The monoisotopic (exact) mass is 230 g/mol. The lowest BCUT2D eigenvalue weighted by molar-refractivity contribution is 0.212. The van der Waals surface area contributed by atoms with E-state index in [0.717, 1.165) is 65.2 Å². The third kappa shape index (κ3) is 8.05. The van der Waals surface area contributed by atoms with Crippen molar-refractivity contribution in [1.29, 1.82) is 0 Å². The number of hydrogen-bond donors (Lipinski definition) is 2. The molecule has 0 saturated carbocycles. The van der Waals surface area contributed by atoms with Gasteiger partial charge in [-0.25, -0.2) is 0 Å². The Labute approximate surface area is 101 Å².